The van der Waals surface area contributed by atoms with Crippen LogP contribution in [0.4, 0.5) is 10.5 Å². The number of anilines is 1. The fourth-order valence-corrected chi connectivity index (χ4v) is 4.16. The van der Waals surface area contributed by atoms with Crippen LogP contribution in [0.15, 0.2) is 30.6 Å². The maximum absolute atomic E-state index is 12.8. The minimum atomic E-state index is -0.372. The summed E-state index contributed by atoms with van der Waals surface area (Å²) < 4.78 is 5.82. The molecule has 0 aliphatic carbocycles. The quantitative estimate of drug-likeness (QED) is 0.734. The molecule has 0 fully saturated rings. The predicted octanol–water partition coefficient (Wildman–Crippen LogP) is 3.38. The molecular formula is C19H18N4O3S. The number of nitrogens with one attached hydrogen (secondary N) is 1. The summed E-state index contributed by atoms with van der Waals surface area (Å²) in [7, 11) is 1.36. The Labute approximate surface area is 160 Å². The third-order valence-electron chi connectivity index (χ3n) is 4.57. The number of fused-ring (bicyclic) bond motifs is 2. The molecule has 0 bridgehead atoms. The van der Waals surface area contributed by atoms with Crippen molar-refractivity contribution >= 4 is 39.2 Å². The molecule has 1 aromatic carbocycles. The number of aryl methyl sites for hydroxylation is 1. The third-order valence-corrected chi connectivity index (χ3v) is 5.50. The second-order valence-corrected chi connectivity index (χ2v) is 7.57. The lowest BCUT2D eigenvalue weighted by molar-refractivity contribution is 0.102. The Morgan fingerprint density at radius 1 is 1.30 bits per heavy atom. The summed E-state index contributed by atoms with van der Waals surface area (Å²) in [5.41, 5.74) is 3.99. The van der Waals surface area contributed by atoms with E-state index < -0.39 is 0 Å². The number of ether oxygens (including phenoxy) is 1. The van der Waals surface area contributed by atoms with Gasteiger partial charge in [0.25, 0.3) is 5.91 Å². The number of carbonyl (C=O) groups excluding carboxylic acids is 2. The molecule has 0 unspecified atom stereocenters. The summed E-state index contributed by atoms with van der Waals surface area (Å²) in [4.78, 5) is 34.8. The van der Waals surface area contributed by atoms with E-state index in [2.05, 4.69) is 15.3 Å². The Hall–Kier alpha value is -3.00. The average molecular weight is 382 g/mol. The van der Waals surface area contributed by atoms with Crippen LogP contribution in [0.3, 0.4) is 0 Å². The highest BCUT2D eigenvalue weighted by molar-refractivity contribution is 7.18. The molecule has 3 aromatic rings. The largest absolute Gasteiger partial charge is 0.453 e. The molecule has 0 radical (unpaired) electrons. The van der Waals surface area contributed by atoms with Crippen molar-refractivity contribution < 1.29 is 14.3 Å². The van der Waals surface area contributed by atoms with E-state index in [0.717, 1.165) is 32.0 Å². The number of hydrogen-bond donors (Lipinski definition) is 1. The van der Waals surface area contributed by atoms with Crippen LogP contribution in [-0.2, 0) is 17.7 Å². The van der Waals surface area contributed by atoms with Gasteiger partial charge in [-0.15, -0.1) is 11.3 Å². The molecule has 0 spiro atoms. The molecule has 138 valence electrons. The van der Waals surface area contributed by atoms with E-state index in [0.29, 0.717) is 25.1 Å². The van der Waals surface area contributed by atoms with Gasteiger partial charge in [0.1, 0.15) is 0 Å². The summed E-state index contributed by atoms with van der Waals surface area (Å²) in [6.07, 6.45) is 3.50. The van der Waals surface area contributed by atoms with Gasteiger partial charge in [0.05, 0.1) is 34.4 Å². The van der Waals surface area contributed by atoms with Crippen molar-refractivity contribution in [2.45, 2.75) is 19.9 Å². The highest BCUT2D eigenvalue weighted by atomic mass is 32.1. The minimum Gasteiger partial charge on any atom is -0.453 e. The Morgan fingerprint density at radius 3 is 2.96 bits per heavy atom. The Morgan fingerprint density at radius 2 is 2.15 bits per heavy atom. The summed E-state index contributed by atoms with van der Waals surface area (Å²) in [6.45, 7) is 2.86. The zero-order valence-electron chi connectivity index (χ0n) is 15.0. The van der Waals surface area contributed by atoms with Gasteiger partial charge < -0.3 is 15.0 Å². The predicted molar refractivity (Wildman–Crippen MR) is 103 cm³/mol. The molecule has 0 atom stereocenters. The van der Waals surface area contributed by atoms with Gasteiger partial charge >= 0.3 is 6.09 Å². The summed E-state index contributed by atoms with van der Waals surface area (Å²) >= 11 is 1.59. The number of amides is 2. The second kappa shape index (κ2) is 6.96. The Kier molecular flexibility index (Phi) is 4.49. The van der Waals surface area contributed by atoms with E-state index in [-0.39, 0.29) is 12.0 Å². The molecule has 3 heterocycles. The van der Waals surface area contributed by atoms with E-state index in [1.807, 2.05) is 25.1 Å². The van der Waals surface area contributed by atoms with Crippen molar-refractivity contribution in [3.05, 3.63) is 52.3 Å². The highest BCUT2D eigenvalue weighted by Crippen LogP contribution is 2.26. The Balaban J connectivity index is 1.58. The van der Waals surface area contributed by atoms with Crippen LogP contribution in [0.25, 0.3) is 10.2 Å². The van der Waals surface area contributed by atoms with Crippen molar-refractivity contribution in [1.29, 1.82) is 0 Å². The number of thiazole rings is 1. The fourth-order valence-electron chi connectivity index (χ4n) is 3.29. The number of carbonyl (C=O) groups is 2. The summed E-state index contributed by atoms with van der Waals surface area (Å²) in [6, 6.07) is 5.68. The first kappa shape index (κ1) is 17.4. The van der Waals surface area contributed by atoms with E-state index in [1.54, 1.807) is 28.6 Å². The lowest BCUT2D eigenvalue weighted by Crippen LogP contribution is -2.36. The van der Waals surface area contributed by atoms with Crippen LogP contribution < -0.4 is 5.32 Å². The molecule has 0 saturated carbocycles. The van der Waals surface area contributed by atoms with Crippen LogP contribution in [-0.4, -0.2) is 40.5 Å². The molecule has 2 aromatic heterocycles. The van der Waals surface area contributed by atoms with E-state index in [4.69, 9.17) is 4.74 Å². The number of nitrogens with zero attached hydrogens (tertiary/aromatic N) is 3. The number of benzene rings is 1. The van der Waals surface area contributed by atoms with E-state index in [1.165, 1.54) is 7.11 Å². The number of pyridine rings is 1. The monoisotopic (exact) mass is 382 g/mol. The maximum Gasteiger partial charge on any atom is 0.409 e. The molecule has 4 rings (SSSR count). The molecule has 8 heteroatoms. The van der Waals surface area contributed by atoms with Gasteiger partial charge in [0, 0.05) is 24.6 Å². The SMILES string of the molecule is COC(=O)N1CCc2c(cncc2C(=O)Nc2ccc3nc(C)sc3c2)C1. The fraction of sp³-hybridized carbons (Fsp3) is 0.263. The molecule has 1 aliphatic rings. The maximum atomic E-state index is 12.8. The Bertz CT molecular complexity index is 1050. The lowest BCUT2D eigenvalue weighted by Gasteiger charge is -2.28. The van der Waals surface area contributed by atoms with Crippen molar-refractivity contribution in [3.8, 4) is 0 Å². The third kappa shape index (κ3) is 3.35. The van der Waals surface area contributed by atoms with Crippen LogP contribution in [0.1, 0.15) is 26.5 Å². The molecule has 0 saturated heterocycles. The molecular weight excluding hydrogens is 364 g/mol. The van der Waals surface area contributed by atoms with Crippen LogP contribution in [0, 0.1) is 6.92 Å². The molecule has 1 aliphatic heterocycles. The van der Waals surface area contributed by atoms with Crippen molar-refractivity contribution in [1.82, 2.24) is 14.9 Å². The first-order chi connectivity index (χ1) is 13.0. The van der Waals surface area contributed by atoms with E-state index in [9.17, 15) is 9.59 Å². The first-order valence-electron chi connectivity index (χ1n) is 8.52. The number of hydrogen-bond acceptors (Lipinski definition) is 6. The normalized spacial score (nSPS) is 13.3. The molecule has 27 heavy (non-hydrogen) atoms. The molecule has 2 amide bonds. The minimum absolute atomic E-state index is 0.202. The lowest BCUT2D eigenvalue weighted by atomic mass is 9.97. The van der Waals surface area contributed by atoms with Crippen molar-refractivity contribution in [2.75, 3.05) is 19.0 Å². The summed E-state index contributed by atoms with van der Waals surface area (Å²) in [5.74, 6) is -0.202. The smallest absolute Gasteiger partial charge is 0.409 e. The van der Waals surface area contributed by atoms with Gasteiger partial charge in [-0.05, 0) is 42.7 Å². The molecule has 1 N–H and O–H groups in total. The first-order valence-corrected chi connectivity index (χ1v) is 9.34. The number of aromatic nitrogens is 2. The summed E-state index contributed by atoms with van der Waals surface area (Å²) in [5, 5.41) is 3.94. The van der Waals surface area contributed by atoms with Gasteiger partial charge in [-0.2, -0.15) is 0 Å². The zero-order valence-corrected chi connectivity index (χ0v) is 15.8. The molecule has 7 nitrogen and oxygen atoms in total. The standard InChI is InChI=1S/C19H18N4O3S/c1-11-21-16-4-3-13(7-17(16)27-11)22-18(24)15-9-20-8-12-10-23(19(25)26-2)6-5-14(12)15/h3-4,7-9H,5-6,10H2,1-2H3,(H,22,24). The number of rotatable bonds is 2. The van der Waals surface area contributed by atoms with Crippen LogP contribution in [0.2, 0.25) is 0 Å². The average Bonchev–Trinajstić information content (AvgIpc) is 3.05. The van der Waals surface area contributed by atoms with Crippen LogP contribution in [0.5, 0.6) is 0 Å². The van der Waals surface area contributed by atoms with E-state index >= 15 is 0 Å². The second-order valence-electron chi connectivity index (χ2n) is 6.34. The zero-order chi connectivity index (χ0) is 19.0. The van der Waals surface area contributed by atoms with Gasteiger partial charge in [-0.25, -0.2) is 9.78 Å². The highest BCUT2D eigenvalue weighted by Gasteiger charge is 2.25. The van der Waals surface area contributed by atoms with Crippen molar-refractivity contribution in [2.24, 2.45) is 0 Å². The van der Waals surface area contributed by atoms with Gasteiger partial charge in [0.15, 0.2) is 0 Å². The van der Waals surface area contributed by atoms with Gasteiger partial charge in [-0.1, -0.05) is 0 Å². The number of methoxy groups -OCH3 is 1. The topological polar surface area (TPSA) is 84.4 Å². The van der Waals surface area contributed by atoms with Crippen molar-refractivity contribution in [3.63, 3.8) is 0 Å². The van der Waals surface area contributed by atoms with Gasteiger partial charge in [0.2, 0.25) is 0 Å². The van der Waals surface area contributed by atoms with Crippen LogP contribution >= 0.6 is 11.3 Å². The van der Waals surface area contributed by atoms with Gasteiger partial charge in [-0.3, -0.25) is 9.78 Å².